The highest BCUT2D eigenvalue weighted by Gasteiger charge is 2.43. The molecule has 8 aromatic heterocycles. The van der Waals surface area contributed by atoms with E-state index in [2.05, 4.69) is 169 Å². The molecule has 6 saturated heterocycles. The van der Waals surface area contributed by atoms with Crippen molar-refractivity contribution in [3.05, 3.63) is 114 Å². The molecule has 14 heterocycles. The van der Waals surface area contributed by atoms with E-state index in [0.717, 1.165) is 132 Å². The van der Waals surface area contributed by atoms with Gasteiger partial charge in [0.25, 0.3) is 47.3 Å². The van der Waals surface area contributed by atoms with Gasteiger partial charge in [0.05, 0.1) is 55.0 Å². The lowest BCUT2D eigenvalue weighted by molar-refractivity contribution is 0.0447. The van der Waals surface area contributed by atoms with Crippen LogP contribution in [0.1, 0.15) is 318 Å². The van der Waals surface area contributed by atoms with E-state index < -0.39 is 23.4 Å². The number of pyridine rings is 4. The first-order valence-electron chi connectivity index (χ1n) is 47.0. The summed E-state index contributed by atoms with van der Waals surface area (Å²) < 4.78 is 0. The number of hydrogen-bond acceptors (Lipinski definition) is 28. The van der Waals surface area contributed by atoms with Gasteiger partial charge in [0, 0.05) is 146 Å². The quantitative estimate of drug-likeness (QED) is 0.0381. The number of thiazole rings is 4. The largest absolute Gasteiger partial charge is 0.391 e. The SMILES string of the molecule is Cc1cc(NC(C)(C)C)ncc1-c1sc(C(=O)N2CCC(C)(O)C2)nc1C(=O)N1CCC[C@@H]1C.Cc1cc(NC(C)(C)C)ncc1-c1sc(C(=O)N2CC[C@](C)(O)C2)nc1C(=O)N1CCC[C@@H]1C.Cc1cc(NC(C)(C)C)ncc1-c1sc(C(=O)NC2CCC2O)nc1C(=O)N1CCC[C@@H]1C.Cc1cc(NC(C)(C)C)ncc1-c1sc(C(=O)N[C@@H]2CC[C@H]2O)nc1C(=O)N1CCC[C@@H]1C. The van der Waals surface area contributed by atoms with Gasteiger partial charge < -0.3 is 81.7 Å². The summed E-state index contributed by atoms with van der Waals surface area (Å²) in [6.07, 6.45) is 17.6. The van der Waals surface area contributed by atoms with Gasteiger partial charge in [-0.15, -0.1) is 45.3 Å². The maximum Gasteiger partial charge on any atom is 0.282 e. The fourth-order valence-corrected chi connectivity index (χ4v) is 22.0. The first kappa shape index (κ1) is 101. The second-order valence-electron chi connectivity index (χ2n) is 42.2. The smallest absolute Gasteiger partial charge is 0.282 e. The molecule has 3 unspecified atom stereocenters. The molecule has 10 atom stereocenters. The number of aryl methyl sites for hydroxylation is 4. The fraction of sp³-hybridized carbons (Fsp3) is 0.592. The number of likely N-dealkylation sites (tertiary alicyclic amines) is 6. The van der Waals surface area contributed by atoms with Crippen molar-refractivity contribution in [1.29, 1.82) is 0 Å². The van der Waals surface area contributed by atoms with E-state index in [-0.39, 0.29) is 139 Å². The highest BCUT2D eigenvalue weighted by molar-refractivity contribution is 7.18. The molecule has 0 bridgehead atoms. The average molecular weight is 1910 g/mol. The number of amides is 8. The second-order valence-corrected chi connectivity index (χ2v) is 46.2. The Labute approximate surface area is 803 Å². The summed E-state index contributed by atoms with van der Waals surface area (Å²) in [6.45, 7) is 48.7. The van der Waals surface area contributed by atoms with Crippen LogP contribution in [0.2, 0.25) is 0 Å². The van der Waals surface area contributed by atoms with Crippen LogP contribution >= 0.6 is 45.3 Å². The van der Waals surface area contributed by atoms with Crippen molar-refractivity contribution in [2.24, 2.45) is 0 Å². The zero-order valence-electron chi connectivity index (χ0n) is 81.7. The van der Waals surface area contributed by atoms with Gasteiger partial charge >= 0.3 is 0 Å². The molecule has 8 aromatic rings. The summed E-state index contributed by atoms with van der Waals surface area (Å²) in [4.78, 5) is 156. The van der Waals surface area contributed by atoms with Crippen LogP contribution < -0.4 is 31.9 Å². The number of carbonyl (C=O) groups is 8. The molecule has 32 nitrogen and oxygen atoms in total. The van der Waals surface area contributed by atoms with Crippen LogP contribution in [-0.2, 0) is 0 Å². The minimum atomic E-state index is -0.893. The van der Waals surface area contributed by atoms with Crippen LogP contribution in [0.15, 0.2) is 49.1 Å². The Morgan fingerprint density at radius 2 is 0.597 bits per heavy atom. The number of hydrogen-bond donors (Lipinski definition) is 10. The lowest BCUT2D eigenvalue weighted by Crippen LogP contribution is -2.50. The third-order valence-corrected chi connectivity index (χ3v) is 29.7. The number of rotatable bonds is 18. The molecule has 724 valence electrons. The lowest BCUT2D eigenvalue weighted by atomic mass is 9.89. The minimum absolute atomic E-state index is 0.129. The summed E-state index contributed by atoms with van der Waals surface area (Å²) in [5.74, 6) is 1.27. The summed E-state index contributed by atoms with van der Waals surface area (Å²) >= 11 is 4.89. The normalized spacial score (nSPS) is 22.9. The van der Waals surface area contributed by atoms with Gasteiger partial charge in [0.2, 0.25) is 0 Å². The maximum absolute atomic E-state index is 13.6. The molecule has 0 aromatic carbocycles. The van der Waals surface area contributed by atoms with Crippen molar-refractivity contribution in [2.75, 3.05) is 73.6 Å². The Hall–Kier alpha value is -10.1. The monoisotopic (exact) mass is 1910 g/mol. The van der Waals surface area contributed by atoms with E-state index in [4.69, 9.17) is 0 Å². The third-order valence-electron chi connectivity index (χ3n) is 25.3. The highest BCUT2D eigenvalue weighted by atomic mass is 32.1. The predicted octanol–water partition coefficient (Wildman–Crippen LogP) is 15.1. The number of anilines is 4. The Kier molecular flexibility index (Phi) is 30.8. The van der Waals surface area contributed by atoms with Crippen molar-refractivity contribution in [2.45, 2.75) is 324 Å². The molecular formula is C98H136N20O12S4. The van der Waals surface area contributed by atoms with Crippen LogP contribution in [0.5, 0.6) is 0 Å². The van der Waals surface area contributed by atoms with Crippen molar-refractivity contribution in [3.63, 3.8) is 0 Å². The molecule has 8 amide bonds. The number of nitrogens with one attached hydrogen (secondary N) is 6. The van der Waals surface area contributed by atoms with E-state index in [0.29, 0.717) is 107 Å². The number of aliphatic hydroxyl groups is 4. The van der Waals surface area contributed by atoms with Crippen molar-refractivity contribution < 1.29 is 58.8 Å². The van der Waals surface area contributed by atoms with Crippen molar-refractivity contribution in [1.82, 2.24) is 79.9 Å². The van der Waals surface area contributed by atoms with Crippen molar-refractivity contribution >= 4 is 116 Å². The molecule has 6 aliphatic heterocycles. The number of carbonyl (C=O) groups excluding carboxylic acids is 8. The molecule has 0 radical (unpaired) electrons. The van der Waals surface area contributed by atoms with Crippen LogP contribution in [-0.4, -0.2) is 271 Å². The maximum atomic E-state index is 13.6. The van der Waals surface area contributed by atoms with E-state index in [1.54, 1.807) is 48.4 Å². The lowest BCUT2D eigenvalue weighted by Gasteiger charge is -2.32. The van der Waals surface area contributed by atoms with Gasteiger partial charge in [-0.05, 0) is 289 Å². The summed E-state index contributed by atoms with van der Waals surface area (Å²) in [6, 6.07) is 7.91. The fourth-order valence-electron chi connectivity index (χ4n) is 17.7. The van der Waals surface area contributed by atoms with Crippen LogP contribution in [0.4, 0.5) is 23.3 Å². The van der Waals surface area contributed by atoms with Gasteiger partial charge in [-0.2, -0.15) is 0 Å². The second kappa shape index (κ2) is 40.7. The molecule has 16 rings (SSSR count). The zero-order valence-corrected chi connectivity index (χ0v) is 85.0. The molecule has 0 spiro atoms. The van der Waals surface area contributed by atoms with E-state index >= 15 is 0 Å². The Morgan fingerprint density at radius 1 is 0.358 bits per heavy atom. The topological polar surface area (TPSA) is 412 Å². The van der Waals surface area contributed by atoms with Gasteiger partial charge in [-0.3, -0.25) is 38.4 Å². The van der Waals surface area contributed by atoms with Crippen LogP contribution in [0.3, 0.4) is 0 Å². The Morgan fingerprint density at radius 3 is 0.784 bits per heavy atom. The third kappa shape index (κ3) is 24.5. The molecule has 8 fully saturated rings. The number of aliphatic hydroxyl groups excluding tert-OH is 2. The first-order valence-corrected chi connectivity index (χ1v) is 50.3. The average Bonchev–Trinajstić information content (AvgIpc) is 1.63. The van der Waals surface area contributed by atoms with Crippen LogP contribution in [0.25, 0.3) is 41.8 Å². The van der Waals surface area contributed by atoms with E-state index in [1.807, 2.05) is 85.4 Å². The standard InChI is InChI=1S/2C25H35N5O3S.2C24H33N5O3S/c2*1-15-12-18(28-24(3,4)5)26-13-17(15)20-19(22(31)30-10-7-8-16(30)2)27-21(34-20)23(32)29-11-9-25(6,33)14-29;2*1-13-11-18(28-24(3,4)5)25-12-15(13)20-19(23(32)29-10-6-7-14(29)2)27-22(33-20)21(31)26-16-8-9-17(16)30/h2*12-13,16,33H,7-11,14H2,1-6H3,(H,26,28);2*11-12,14,16-17,30H,6-10H2,1-5H3,(H,25,28)(H,26,31)/t16-,25?;16-,25-;14-,16?,17?;14-,16+,17+/m0000/s1. The summed E-state index contributed by atoms with van der Waals surface area (Å²) in [5.41, 5.74) is 5.94. The zero-order chi connectivity index (χ0) is 97.5. The highest BCUT2D eigenvalue weighted by Crippen LogP contribution is 2.43. The van der Waals surface area contributed by atoms with Crippen LogP contribution in [0, 0.1) is 27.7 Å². The van der Waals surface area contributed by atoms with Crippen molar-refractivity contribution in [3.8, 4) is 41.8 Å². The molecule has 134 heavy (non-hydrogen) atoms. The number of nitrogens with zero attached hydrogens (tertiary/aromatic N) is 14. The summed E-state index contributed by atoms with van der Waals surface area (Å²) in [7, 11) is 0. The van der Waals surface area contributed by atoms with Gasteiger partial charge in [0.15, 0.2) is 20.0 Å². The van der Waals surface area contributed by atoms with E-state index in [9.17, 15) is 58.8 Å². The molecule has 2 aliphatic carbocycles. The molecule has 36 heteroatoms. The minimum Gasteiger partial charge on any atom is -0.391 e. The summed E-state index contributed by atoms with van der Waals surface area (Å²) in [5, 5.41) is 60.5. The number of β-amino-alcohol motifs (C(OH)–C–C–N with tert-alkyl or cyclic N) is 2. The van der Waals surface area contributed by atoms with Gasteiger partial charge in [-0.1, -0.05) is 0 Å². The Balaban J connectivity index is 0.000000152. The molecular weight excluding hydrogens is 1780 g/mol. The van der Waals surface area contributed by atoms with Gasteiger partial charge in [0.1, 0.15) is 46.0 Å². The molecule has 2 saturated carbocycles. The molecule has 10 N–H and O–H groups in total. The van der Waals surface area contributed by atoms with Gasteiger partial charge in [-0.25, -0.2) is 39.9 Å². The van der Waals surface area contributed by atoms with E-state index in [1.165, 1.54) is 45.3 Å². The molecule has 8 aliphatic rings. The predicted molar refractivity (Wildman–Crippen MR) is 528 cm³/mol. The first-order chi connectivity index (χ1) is 62.7. The number of aromatic nitrogens is 8. The Bertz CT molecular complexity index is 5350.